The molecule has 0 saturated carbocycles. The zero-order valence-electron chi connectivity index (χ0n) is 35.2. The van der Waals surface area contributed by atoms with Gasteiger partial charge in [0.25, 0.3) is 0 Å². The minimum Gasteiger partial charge on any atom is -0.459 e. The molecular formula is C39H72N2O12V. The number of aliphatic hydroxyl groups excluding tert-OH is 1. The average molecular weight is 812 g/mol. The zero-order valence-corrected chi connectivity index (χ0v) is 36.6. The molecule has 0 aromatic carbocycles. The molecule has 0 aromatic rings. The van der Waals surface area contributed by atoms with Gasteiger partial charge in [-0.3, -0.25) is 4.79 Å². The number of carbonyl (C=O) groups excluding carboxylic acids is 1. The van der Waals surface area contributed by atoms with Crippen LogP contribution in [0, 0.1) is 17.8 Å². The minimum absolute atomic E-state index is 0. The summed E-state index contributed by atoms with van der Waals surface area (Å²) in [6.07, 6.45) is -5.24. The quantitative estimate of drug-likeness (QED) is 0.209. The molecule has 0 aromatic heterocycles. The molecule has 4 heterocycles. The molecule has 0 aliphatic carbocycles. The van der Waals surface area contributed by atoms with Crippen LogP contribution < -0.4 is 5.32 Å². The van der Waals surface area contributed by atoms with Crippen LogP contribution in [0.25, 0.3) is 0 Å². The van der Waals surface area contributed by atoms with Crippen molar-refractivity contribution in [3.8, 4) is 0 Å². The molecule has 18 unspecified atom stereocenters. The van der Waals surface area contributed by atoms with E-state index in [1.165, 1.54) is 6.92 Å². The van der Waals surface area contributed by atoms with E-state index in [1.807, 2.05) is 48.7 Å². The van der Waals surface area contributed by atoms with Gasteiger partial charge in [0.05, 0.1) is 42.5 Å². The van der Waals surface area contributed by atoms with Crippen LogP contribution in [0.15, 0.2) is 0 Å². The summed E-state index contributed by atoms with van der Waals surface area (Å²) in [6, 6.07) is -0.579. The van der Waals surface area contributed by atoms with Gasteiger partial charge < -0.3 is 63.4 Å². The van der Waals surface area contributed by atoms with Gasteiger partial charge >= 0.3 is 5.97 Å². The van der Waals surface area contributed by atoms with E-state index in [2.05, 4.69) is 10.2 Å². The standard InChI is InChI=1S/C39H72N2O12.V/c1-15-28-38(10,45)32(42)25(6)40-19-21(2)17-36(8,44)33(53-35-31(46-13)27(41(11)12)16-22(3)49-35)23(4)30(24(5)34(43)51-28)52-29-18-37(9,47-14)39(20-48-39)26(7)50-29;/h21-33,35,40,42,44-45H,15-20H2,1-14H3;. The average Bonchev–Trinajstić information content (AvgIpc) is 3.90. The Labute approximate surface area is 335 Å². The molecule has 18 atom stereocenters. The number of aliphatic hydroxyl groups is 3. The number of epoxide rings is 1. The first kappa shape index (κ1) is 47.9. The summed E-state index contributed by atoms with van der Waals surface area (Å²) < 4.78 is 50.7. The molecular weight excluding hydrogens is 739 g/mol. The topological polar surface area (TPSA) is 170 Å². The summed E-state index contributed by atoms with van der Waals surface area (Å²) in [5, 5.41) is 38.9. The number of nitrogens with one attached hydrogen (secondary N) is 1. The van der Waals surface area contributed by atoms with Crippen molar-refractivity contribution in [2.24, 2.45) is 17.8 Å². The Balaban J connectivity index is 0.00000784. The third kappa shape index (κ3) is 9.88. The van der Waals surface area contributed by atoms with E-state index in [9.17, 15) is 20.1 Å². The summed E-state index contributed by atoms with van der Waals surface area (Å²) in [6.45, 7) is 19.3. The van der Waals surface area contributed by atoms with Crippen LogP contribution in [-0.4, -0.2) is 157 Å². The second-order valence-corrected chi connectivity index (χ2v) is 17.5. The summed E-state index contributed by atoms with van der Waals surface area (Å²) in [5.41, 5.74) is -4.59. The molecule has 0 amide bonds. The molecule has 4 fully saturated rings. The van der Waals surface area contributed by atoms with Gasteiger partial charge in [-0.25, -0.2) is 0 Å². The Hall–Kier alpha value is -0.426. The summed E-state index contributed by atoms with van der Waals surface area (Å²) in [4.78, 5) is 16.4. The monoisotopic (exact) mass is 811 g/mol. The molecule has 4 aliphatic heterocycles. The van der Waals surface area contributed by atoms with Crippen molar-refractivity contribution in [1.29, 1.82) is 0 Å². The Morgan fingerprint density at radius 1 is 0.963 bits per heavy atom. The number of rotatable bonds is 8. The normalized spacial score (nSPS) is 49.8. The van der Waals surface area contributed by atoms with E-state index in [1.54, 1.807) is 41.9 Å². The van der Waals surface area contributed by atoms with Gasteiger partial charge in [0, 0.05) is 57.2 Å². The maximum Gasteiger partial charge on any atom is 0.311 e. The van der Waals surface area contributed by atoms with Gasteiger partial charge in [-0.15, -0.1) is 0 Å². The second kappa shape index (κ2) is 18.7. The zero-order chi connectivity index (χ0) is 39.8. The van der Waals surface area contributed by atoms with Crippen LogP contribution in [0.4, 0.5) is 0 Å². The number of esters is 1. The van der Waals surface area contributed by atoms with Gasteiger partial charge in [-0.2, -0.15) is 0 Å². The third-order valence-corrected chi connectivity index (χ3v) is 12.9. The SMILES string of the molecule is CCC1OC(=O)C(C)C(OC2CC(C)(OC)C3(CO3)C(C)O2)C(C)C(OC2OC(C)CC(N(C)C)C2OC)C(C)(O)CC(C)CNC(C)C(O)C1(C)O.[V]. The molecule has 1 radical (unpaired) electrons. The molecule has 4 N–H and O–H groups in total. The first-order valence-corrected chi connectivity index (χ1v) is 19.7. The van der Waals surface area contributed by atoms with Gasteiger partial charge in [0.1, 0.15) is 35.1 Å². The molecule has 315 valence electrons. The fourth-order valence-corrected chi connectivity index (χ4v) is 9.27. The van der Waals surface area contributed by atoms with Crippen molar-refractivity contribution >= 4 is 5.97 Å². The van der Waals surface area contributed by atoms with Crippen molar-refractivity contribution in [2.75, 3.05) is 41.5 Å². The van der Waals surface area contributed by atoms with E-state index >= 15 is 0 Å². The third-order valence-electron chi connectivity index (χ3n) is 12.9. The minimum atomic E-state index is -1.77. The second-order valence-electron chi connectivity index (χ2n) is 17.5. The predicted molar refractivity (Wildman–Crippen MR) is 197 cm³/mol. The van der Waals surface area contributed by atoms with Gasteiger partial charge in [-0.1, -0.05) is 20.8 Å². The van der Waals surface area contributed by atoms with Crippen molar-refractivity contribution in [3.63, 3.8) is 0 Å². The maximum atomic E-state index is 14.3. The summed E-state index contributed by atoms with van der Waals surface area (Å²) >= 11 is 0. The van der Waals surface area contributed by atoms with Crippen LogP contribution >= 0.6 is 0 Å². The fourth-order valence-electron chi connectivity index (χ4n) is 9.27. The van der Waals surface area contributed by atoms with E-state index < -0.39 is 89.4 Å². The van der Waals surface area contributed by atoms with E-state index in [-0.39, 0.29) is 55.6 Å². The van der Waals surface area contributed by atoms with Crippen molar-refractivity contribution < 1.29 is 76.6 Å². The summed E-state index contributed by atoms with van der Waals surface area (Å²) in [7, 11) is 7.27. The first-order valence-electron chi connectivity index (χ1n) is 19.7. The molecule has 4 aliphatic rings. The molecule has 0 bridgehead atoms. The molecule has 4 saturated heterocycles. The maximum absolute atomic E-state index is 14.3. The van der Waals surface area contributed by atoms with E-state index in [0.29, 0.717) is 19.6 Å². The number of carbonyl (C=O) groups is 1. The summed E-state index contributed by atoms with van der Waals surface area (Å²) in [5.74, 6) is -2.33. The molecule has 54 heavy (non-hydrogen) atoms. The van der Waals surface area contributed by atoms with E-state index in [4.69, 9.17) is 37.9 Å². The molecule has 4 rings (SSSR count). The Morgan fingerprint density at radius 2 is 1.59 bits per heavy atom. The molecule has 14 nitrogen and oxygen atoms in total. The smallest absolute Gasteiger partial charge is 0.311 e. The van der Waals surface area contributed by atoms with Crippen molar-refractivity contribution in [3.05, 3.63) is 0 Å². The first-order chi connectivity index (χ1) is 24.6. The van der Waals surface area contributed by atoms with Crippen molar-refractivity contribution in [1.82, 2.24) is 10.2 Å². The number of methoxy groups -OCH3 is 2. The fraction of sp³-hybridized carbons (Fsp3) is 0.974. The number of hydrogen-bond donors (Lipinski definition) is 4. The largest absolute Gasteiger partial charge is 0.459 e. The predicted octanol–water partition coefficient (Wildman–Crippen LogP) is 2.62. The number of hydrogen-bond acceptors (Lipinski definition) is 14. The van der Waals surface area contributed by atoms with Crippen LogP contribution in [0.1, 0.15) is 94.9 Å². The number of nitrogens with zero attached hydrogens (tertiary/aromatic N) is 1. The van der Waals surface area contributed by atoms with Gasteiger partial charge in [-0.05, 0) is 94.3 Å². The van der Waals surface area contributed by atoms with Crippen molar-refractivity contribution in [2.45, 2.75) is 185 Å². The number of ether oxygens (including phenoxy) is 8. The van der Waals surface area contributed by atoms with Crippen LogP contribution in [-0.2, 0) is 61.2 Å². The number of likely N-dealkylation sites (N-methyl/N-ethyl adjacent to an activating group) is 1. The van der Waals surface area contributed by atoms with Crippen LogP contribution in [0.3, 0.4) is 0 Å². The Bertz CT molecular complexity index is 1210. The Morgan fingerprint density at radius 3 is 2.13 bits per heavy atom. The number of cyclic esters (lactones) is 1. The van der Waals surface area contributed by atoms with Crippen LogP contribution in [0.5, 0.6) is 0 Å². The molecule has 15 heteroatoms. The van der Waals surface area contributed by atoms with E-state index in [0.717, 1.165) is 6.42 Å². The van der Waals surface area contributed by atoms with Crippen LogP contribution in [0.2, 0.25) is 0 Å². The molecule has 1 spiro atoms. The van der Waals surface area contributed by atoms with Gasteiger partial charge in [0.15, 0.2) is 12.6 Å². The Kier molecular flexibility index (Phi) is 16.6. The van der Waals surface area contributed by atoms with Gasteiger partial charge in [0.2, 0.25) is 0 Å².